The van der Waals surface area contributed by atoms with Crippen molar-refractivity contribution in [2.45, 2.75) is 38.1 Å². The monoisotopic (exact) mass is 284 g/mol. The molecule has 0 radical (unpaired) electrons. The lowest BCUT2D eigenvalue weighted by molar-refractivity contribution is 0.0740. The van der Waals surface area contributed by atoms with Gasteiger partial charge in [0.25, 0.3) is 5.91 Å². The third-order valence-electron chi connectivity index (χ3n) is 3.31. The fraction of sp³-hybridized carbons (Fsp3) is 0.462. The van der Waals surface area contributed by atoms with Crippen molar-refractivity contribution in [2.75, 3.05) is 7.05 Å². The van der Waals surface area contributed by atoms with E-state index in [1.54, 1.807) is 31.0 Å². The molecule has 6 heteroatoms. The Balaban J connectivity index is 3.20. The summed E-state index contributed by atoms with van der Waals surface area (Å²) in [6, 6.07) is 4.64. The SMILES string of the molecule is CCC(C)N(C)C(=O)c1ccc(C)c(S(N)(=O)=O)c1. The second kappa shape index (κ2) is 5.71. The van der Waals surface area contributed by atoms with E-state index in [0.717, 1.165) is 6.42 Å². The first kappa shape index (κ1) is 15.7. The summed E-state index contributed by atoms with van der Waals surface area (Å²) in [6.45, 7) is 5.57. The summed E-state index contributed by atoms with van der Waals surface area (Å²) in [5, 5.41) is 5.14. The number of hydrogen-bond acceptors (Lipinski definition) is 3. The second-order valence-corrected chi connectivity index (χ2v) is 6.23. The Morgan fingerprint density at radius 2 is 2.00 bits per heavy atom. The van der Waals surface area contributed by atoms with Gasteiger partial charge >= 0.3 is 0 Å². The molecule has 106 valence electrons. The maximum atomic E-state index is 12.2. The Morgan fingerprint density at radius 3 is 2.47 bits per heavy atom. The minimum absolute atomic E-state index is 0.00379. The molecule has 0 aliphatic rings. The standard InChI is InChI=1S/C13H20N2O3S/c1-5-10(3)15(4)13(16)11-7-6-9(2)12(8-11)19(14,17)18/h6-8,10H,5H2,1-4H3,(H2,14,17,18). The summed E-state index contributed by atoms with van der Waals surface area (Å²) < 4.78 is 22.9. The Labute approximate surface area is 114 Å². The zero-order valence-corrected chi connectivity index (χ0v) is 12.5. The van der Waals surface area contributed by atoms with Crippen LogP contribution in [0.5, 0.6) is 0 Å². The number of rotatable bonds is 4. The van der Waals surface area contributed by atoms with Crippen molar-refractivity contribution in [3.05, 3.63) is 29.3 Å². The molecule has 1 aromatic rings. The molecule has 0 saturated heterocycles. The van der Waals surface area contributed by atoms with E-state index in [2.05, 4.69) is 0 Å². The minimum Gasteiger partial charge on any atom is -0.339 e. The summed E-state index contributed by atoms with van der Waals surface area (Å²) in [7, 11) is -2.11. The fourth-order valence-electron chi connectivity index (χ4n) is 1.72. The van der Waals surface area contributed by atoms with Gasteiger partial charge < -0.3 is 4.90 Å². The van der Waals surface area contributed by atoms with Gasteiger partial charge in [0.1, 0.15) is 0 Å². The Bertz CT molecular complexity index is 582. The molecule has 2 N–H and O–H groups in total. The highest BCUT2D eigenvalue weighted by atomic mass is 32.2. The number of benzene rings is 1. The van der Waals surface area contributed by atoms with Crippen LogP contribution in [0, 0.1) is 6.92 Å². The van der Waals surface area contributed by atoms with E-state index < -0.39 is 10.0 Å². The van der Waals surface area contributed by atoms with Gasteiger partial charge in [-0.3, -0.25) is 4.79 Å². The topological polar surface area (TPSA) is 80.5 Å². The molecule has 0 aliphatic heterocycles. The number of nitrogens with two attached hydrogens (primary N) is 1. The minimum atomic E-state index is -3.81. The summed E-state index contributed by atoms with van der Waals surface area (Å²) in [6.07, 6.45) is 0.830. The molecule has 1 rings (SSSR count). The van der Waals surface area contributed by atoms with Gasteiger partial charge in [-0.05, 0) is 38.0 Å². The molecule has 0 saturated carbocycles. The summed E-state index contributed by atoms with van der Waals surface area (Å²) in [5.74, 6) is -0.209. The highest BCUT2D eigenvalue weighted by molar-refractivity contribution is 7.89. The van der Waals surface area contributed by atoms with Gasteiger partial charge in [-0.1, -0.05) is 13.0 Å². The average Bonchev–Trinajstić information content (AvgIpc) is 2.35. The number of hydrogen-bond donors (Lipinski definition) is 1. The predicted molar refractivity (Wildman–Crippen MR) is 74.4 cm³/mol. The molecule has 0 aliphatic carbocycles. The van der Waals surface area contributed by atoms with Crippen LogP contribution in [0.4, 0.5) is 0 Å². The third-order valence-corrected chi connectivity index (χ3v) is 4.37. The van der Waals surface area contributed by atoms with Crippen LogP contribution >= 0.6 is 0 Å². The molecular weight excluding hydrogens is 264 g/mol. The number of amides is 1. The molecule has 1 aromatic carbocycles. The average molecular weight is 284 g/mol. The highest BCUT2D eigenvalue weighted by Crippen LogP contribution is 2.17. The van der Waals surface area contributed by atoms with Crippen molar-refractivity contribution < 1.29 is 13.2 Å². The number of aryl methyl sites for hydroxylation is 1. The van der Waals surface area contributed by atoms with E-state index in [9.17, 15) is 13.2 Å². The Morgan fingerprint density at radius 1 is 1.42 bits per heavy atom. The lowest BCUT2D eigenvalue weighted by atomic mass is 10.1. The van der Waals surface area contributed by atoms with E-state index in [1.807, 2.05) is 13.8 Å². The quantitative estimate of drug-likeness (QED) is 0.910. The molecule has 0 fully saturated rings. The van der Waals surface area contributed by atoms with Gasteiger partial charge in [0.2, 0.25) is 10.0 Å². The van der Waals surface area contributed by atoms with Gasteiger partial charge in [-0.2, -0.15) is 0 Å². The van der Waals surface area contributed by atoms with E-state index >= 15 is 0 Å². The summed E-state index contributed by atoms with van der Waals surface area (Å²) >= 11 is 0. The van der Waals surface area contributed by atoms with Crippen LogP contribution in [0.25, 0.3) is 0 Å². The number of carbonyl (C=O) groups excluding carboxylic acids is 1. The van der Waals surface area contributed by atoms with Crippen LogP contribution < -0.4 is 5.14 Å². The van der Waals surface area contributed by atoms with Crippen LogP contribution in [0.3, 0.4) is 0 Å². The van der Waals surface area contributed by atoms with Crippen LogP contribution in [-0.4, -0.2) is 32.3 Å². The summed E-state index contributed by atoms with van der Waals surface area (Å²) in [4.78, 5) is 13.8. The first-order chi connectivity index (χ1) is 8.68. The van der Waals surface area contributed by atoms with E-state index in [-0.39, 0.29) is 16.8 Å². The molecule has 1 atom stereocenters. The van der Waals surface area contributed by atoms with Crippen molar-refractivity contribution in [3.8, 4) is 0 Å². The third kappa shape index (κ3) is 3.54. The second-order valence-electron chi connectivity index (χ2n) is 4.70. The molecule has 0 heterocycles. The van der Waals surface area contributed by atoms with Crippen LogP contribution in [0.15, 0.2) is 23.1 Å². The maximum Gasteiger partial charge on any atom is 0.253 e. The van der Waals surface area contributed by atoms with Crippen LogP contribution in [-0.2, 0) is 10.0 Å². The first-order valence-electron chi connectivity index (χ1n) is 6.09. The molecule has 1 amide bonds. The van der Waals surface area contributed by atoms with Crippen molar-refractivity contribution in [1.29, 1.82) is 0 Å². The van der Waals surface area contributed by atoms with Crippen molar-refractivity contribution in [3.63, 3.8) is 0 Å². The van der Waals surface area contributed by atoms with Gasteiger partial charge in [0, 0.05) is 18.7 Å². The van der Waals surface area contributed by atoms with Gasteiger partial charge in [-0.25, -0.2) is 13.6 Å². The summed E-state index contributed by atoms with van der Waals surface area (Å²) in [5.41, 5.74) is 0.864. The fourth-order valence-corrected chi connectivity index (χ4v) is 2.53. The molecular formula is C13H20N2O3S. The van der Waals surface area contributed by atoms with Crippen LogP contribution in [0.2, 0.25) is 0 Å². The number of primary sulfonamides is 1. The Kier molecular flexibility index (Phi) is 4.70. The van der Waals surface area contributed by atoms with Crippen molar-refractivity contribution >= 4 is 15.9 Å². The van der Waals surface area contributed by atoms with E-state index in [1.165, 1.54) is 6.07 Å². The smallest absolute Gasteiger partial charge is 0.253 e. The van der Waals surface area contributed by atoms with E-state index in [4.69, 9.17) is 5.14 Å². The molecule has 0 spiro atoms. The molecule has 5 nitrogen and oxygen atoms in total. The lowest BCUT2D eigenvalue weighted by Crippen LogP contribution is -2.34. The van der Waals surface area contributed by atoms with Gasteiger partial charge in [0.05, 0.1) is 4.90 Å². The molecule has 0 bridgehead atoms. The normalized spacial score (nSPS) is 13.1. The lowest BCUT2D eigenvalue weighted by Gasteiger charge is -2.24. The maximum absolute atomic E-state index is 12.2. The number of sulfonamides is 1. The largest absolute Gasteiger partial charge is 0.339 e. The Hall–Kier alpha value is -1.40. The van der Waals surface area contributed by atoms with Crippen molar-refractivity contribution in [2.24, 2.45) is 5.14 Å². The number of carbonyl (C=O) groups is 1. The van der Waals surface area contributed by atoms with Gasteiger partial charge in [0.15, 0.2) is 0 Å². The molecule has 1 unspecified atom stereocenters. The zero-order chi connectivity index (χ0) is 14.8. The zero-order valence-electron chi connectivity index (χ0n) is 11.7. The van der Waals surface area contributed by atoms with Crippen LogP contribution in [0.1, 0.15) is 36.2 Å². The predicted octanol–water partition coefficient (Wildman–Crippen LogP) is 1.51. The van der Waals surface area contributed by atoms with Gasteiger partial charge in [-0.15, -0.1) is 0 Å². The van der Waals surface area contributed by atoms with Crippen molar-refractivity contribution in [1.82, 2.24) is 4.90 Å². The van der Waals surface area contributed by atoms with E-state index in [0.29, 0.717) is 11.1 Å². The first-order valence-corrected chi connectivity index (χ1v) is 7.63. The number of nitrogens with zero attached hydrogens (tertiary/aromatic N) is 1. The highest BCUT2D eigenvalue weighted by Gasteiger charge is 2.19. The molecule has 0 aromatic heterocycles. The molecule has 19 heavy (non-hydrogen) atoms.